The van der Waals surface area contributed by atoms with E-state index in [1.807, 2.05) is 11.8 Å². The molecule has 0 aromatic heterocycles. The topological polar surface area (TPSA) is 32.3 Å². The van der Waals surface area contributed by atoms with E-state index in [-0.39, 0.29) is 6.03 Å². The largest absolute Gasteiger partial charge is 0.338 e. The summed E-state index contributed by atoms with van der Waals surface area (Å²) in [4.78, 5) is 13.7. The number of unbranched alkanes of at least 4 members (excludes halogenated alkanes) is 4. The summed E-state index contributed by atoms with van der Waals surface area (Å²) in [6.45, 7) is 8.86. The van der Waals surface area contributed by atoms with Crippen LogP contribution >= 0.6 is 0 Å². The van der Waals surface area contributed by atoms with Crippen LogP contribution in [0.4, 0.5) is 4.79 Å². The molecule has 0 saturated heterocycles. The van der Waals surface area contributed by atoms with Crippen LogP contribution in [0.15, 0.2) is 0 Å². The molecule has 3 heteroatoms. The predicted octanol–water partition coefficient (Wildman–Crippen LogP) is 3.40. The van der Waals surface area contributed by atoms with Gasteiger partial charge in [-0.1, -0.05) is 39.5 Å². The standard InChI is InChI=1S/C13H28N2O/c1-4-7-9-10-12-15(11-8-5-2)13(16)14-6-3/h4-12H2,1-3H3,(H,14,16). The highest BCUT2D eigenvalue weighted by Crippen LogP contribution is 2.03. The van der Waals surface area contributed by atoms with Crippen molar-refractivity contribution in [2.75, 3.05) is 19.6 Å². The summed E-state index contributed by atoms with van der Waals surface area (Å²) in [5.74, 6) is 0. The molecule has 0 radical (unpaired) electrons. The fourth-order valence-electron chi connectivity index (χ4n) is 1.66. The Morgan fingerprint density at radius 3 is 2.12 bits per heavy atom. The van der Waals surface area contributed by atoms with Crippen molar-refractivity contribution in [2.24, 2.45) is 0 Å². The van der Waals surface area contributed by atoms with Crippen molar-refractivity contribution < 1.29 is 4.79 Å². The molecule has 3 nitrogen and oxygen atoms in total. The maximum Gasteiger partial charge on any atom is 0.317 e. The molecule has 0 unspecified atom stereocenters. The van der Waals surface area contributed by atoms with Crippen LogP contribution in [0.2, 0.25) is 0 Å². The van der Waals surface area contributed by atoms with Gasteiger partial charge in [-0.05, 0) is 19.8 Å². The highest BCUT2D eigenvalue weighted by molar-refractivity contribution is 5.74. The van der Waals surface area contributed by atoms with E-state index in [4.69, 9.17) is 0 Å². The summed E-state index contributed by atoms with van der Waals surface area (Å²) in [5.41, 5.74) is 0. The monoisotopic (exact) mass is 228 g/mol. The van der Waals surface area contributed by atoms with Crippen molar-refractivity contribution in [1.29, 1.82) is 0 Å². The van der Waals surface area contributed by atoms with E-state index < -0.39 is 0 Å². The molecular formula is C13H28N2O. The van der Waals surface area contributed by atoms with E-state index in [1.165, 1.54) is 19.3 Å². The molecule has 2 amide bonds. The zero-order chi connectivity index (χ0) is 12.2. The molecule has 96 valence electrons. The molecule has 0 aliphatic rings. The van der Waals surface area contributed by atoms with Gasteiger partial charge in [-0.25, -0.2) is 4.79 Å². The molecule has 0 saturated carbocycles. The highest BCUT2D eigenvalue weighted by Gasteiger charge is 2.10. The van der Waals surface area contributed by atoms with E-state index in [2.05, 4.69) is 19.2 Å². The SMILES string of the molecule is CCCCCCN(CCCC)C(=O)NCC. The van der Waals surface area contributed by atoms with Gasteiger partial charge in [-0.15, -0.1) is 0 Å². The van der Waals surface area contributed by atoms with E-state index in [0.717, 1.165) is 38.9 Å². The Kier molecular flexibility index (Phi) is 10.3. The van der Waals surface area contributed by atoms with Gasteiger partial charge in [0.05, 0.1) is 0 Å². The lowest BCUT2D eigenvalue weighted by atomic mass is 10.2. The van der Waals surface area contributed by atoms with Gasteiger partial charge in [0.2, 0.25) is 0 Å². The van der Waals surface area contributed by atoms with Crippen LogP contribution in [0.25, 0.3) is 0 Å². The summed E-state index contributed by atoms with van der Waals surface area (Å²) >= 11 is 0. The van der Waals surface area contributed by atoms with Crippen molar-refractivity contribution in [1.82, 2.24) is 10.2 Å². The summed E-state index contributed by atoms with van der Waals surface area (Å²) in [6.07, 6.45) is 7.14. The second kappa shape index (κ2) is 10.8. The van der Waals surface area contributed by atoms with Crippen LogP contribution < -0.4 is 5.32 Å². The minimum atomic E-state index is 0.104. The summed E-state index contributed by atoms with van der Waals surface area (Å²) < 4.78 is 0. The lowest BCUT2D eigenvalue weighted by molar-refractivity contribution is 0.196. The molecule has 0 aromatic carbocycles. The van der Waals surface area contributed by atoms with Gasteiger partial charge in [0, 0.05) is 19.6 Å². The van der Waals surface area contributed by atoms with Crippen molar-refractivity contribution in [2.45, 2.75) is 59.3 Å². The van der Waals surface area contributed by atoms with Gasteiger partial charge in [0.15, 0.2) is 0 Å². The van der Waals surface area contributed by atoms with E-state index >= 15 is 0 Å². The van der Waals surface area contributed by atoms with Crippen LogP contribution in [0.5, 0.6) is 0 Å². The minimum absolute atomic E-state index is 0.104. The first-order valence-electron chi connectivity index (χ1n) is 6.79. The molecule has 0 fully saturated rings. The number of urea groups is 1. The van der Waals surface area contributed by atoms with Crippen LogP contribution in [-0.2, 0) is 0 Å². The third-order valence-electron chi connectivity index (χ3n) is 2.68. The lowest BCUT2D eigenvalue weighted by Crippen LogP contribution is -2.40. The average Bonchev–Trinajstić information content (AvgIpc) is 2.28. The number of nitrogens with one attached hydrogen (secondary N) is 1. The third-order valence-corrected chi connectivity index (χ3v) is 2.68. The Bertz CT molecular complexity index is 171. The fourth-order valence-corrected chi connectivity index (χ4v) is 1.66. The Labute approximate surface area is 101 Å². The third kappa shape index (κ3) is 7.55. The normalized spacial score (nSPS) is 10.2. The maximum absolute atomic E-state index is 11.7. The molecule has 0 rings (SSSR count). The molecule has 0 bridgehead atoms. The second-order valence-corrected chi connectivity index (χ2v) is 4.24. The second-order valence-electron chi connectivity index (χ2n) is 4.24. The number of rotatable bonds is 9. The first-order chi connectivity index (χ1) is 7.76. The molecule has 0 heterocycles. The van der Waals surface area contributed by atoms with Gasteiger partial charge in [-0.3, -0.25) is 0 Å². The molecule has 1 N–H and O–H groups in total. The van der Waals surface area contributed by atoms with Crippen LogP contribution in [-0.4, -0.2) is 30.6 Å². The molecule has 0 aromatic rings. The predicted molar refractivity (Wildman–Crippen MR) is 69.7 cm³/mol. The van der Waals surface area contributed by atoms with Crippen LogP contribution in [0.3, 0.4) is 0 Å². The maximum atomic E-state index is 11.7. The van der Waals surface area contributed by atoms with Gasteiger partial charge in [0.25, 0.3) is 0 Å². The van der Waals surface area contributed by atoms with Gasteiger partial charge in [-0.2, -0.15) is 0 Å². The average molecular weight is 228 g/mol. The van der Waals surface area contributed by atoms with E-state index in [9.17, 15) is 4.79 Å². The lowest BCUT2D eigenvalue weighted by Gasteiger charge is -2.22. The fraction of sp³-hybridized carbons (Fsp3) is 0.923. The number of carbonyl (C=O) groups excluding carboxylic acids is 1. The number of hydrogen-bond acceptors (Lipinski definition) is 1. The minimum Gasteiger partial charge on any atom is -0.338 e. The van der Waals surface area contributed by atoms with Crippen molar-refractivity contribution in [3.8, 4) is 0 Å². The van der Waals surface area contributed by atoms with E-state index in [0.29, 0.717) is 0 Å². The number of carbonyl (C=O) groups is 1. The molecule has 16 heavy (non-hydrogen) atoms. The quantitative estimate of drug-likeness (QED) is 0.603. The summed E-state index contributed by atoms with van der Waals surface area (Å²) in [7, 11) is 0. The van der Waals surface area contributed by atoms with Gasteiger partial charge >= 0.3 is 6.03 Å². The van der Waals surface area contributed by atoms with Gasteiger partial charge < -0.3 is 10.2 Å². The summed E-state index contributed by atoms with van der Waals surface area (Å²) in [6, 6.07) is 0.104. The molecule has 0 aliphatic heterocycles. The van der Waals surface area contributed by atoms with E-state index in [1.54, 1.807) is 0 Å². The Balaban J connectivity index is 3.84. The first-order valence-corrected chi connectivity index (χ1v) is 6.79. The molecule has 0 spiro atoms. The molecule has 0 atom stereocenters. The van der Waals surface area contributed by atoms with Crippen molar-refractivity contribution in [3.05, 3.63) is 0 Å². The zero-order valence-electron chi connectivity index (χ0n) is 11.2. The first kappa shape index (κ1) is 15.3. The smallest absolute Gasteiger partial charge is 0.317 e. The summed E-state index contributed by atoms with van der Waals surface area (Å²) in [5, 5.41) is 2.88. The van der Waals surface area contributed by atoms with Gasteiger partial charge in [0.1, 0.15) is 0 Å². The number of nitrogens with zero attached hydrogens (tertiary/aromatic N) is 1. The Morgan fingerprint density at radius 2 is 1.56 bits per heavy atom. The Hall–Kier alpha value is -0.730. The zero-order valence-corrected chi connectivity index (χ0v) is 11.2. The highest BCUT2D eigenvalue weighted by atomic mass is 16.2. The number of amides is 2. The molecule has 0 aliphatic carbocycles. The van der Waals surface area contributed by atoms with Crippen LogP contribution in [0, 0.1) is 0 Å². The Morgan fingerprint density at radius 1 is 0.938 bits per heavy atom. The van der Waals surface area contributed by atoms with Crippen molar-refractivity contribution in [3.63, 3.8) is 0 Å². The molecular weight excluding hydrogens is 200 g/mol. The number of hydrogen-bond donors (Lipinski definition) is 1. The van der Waals surface area contributed by atoms with Crippen LogP contribution in [0.1, 0.15) is 59.3 Å². The van der Waals surface area contributed by atoms with Crippen molar-refractivity contribution >= 4 is 6.03 Å².